The molecule has 0 aliphatic carbocycles. The third-order valence-electron chi connectivity index (χ3n) is 4.10. The zero-order chi connectivity index (χ0) is 18.6. The summed E-state index contributed by atoms with van der Waals surface area (Å²) in [5, 5.41) is 6.54. The molecule has 0 unspecified atom stereocenters. The van der Waals surface area contributed by atoms with E-state index in [1.807, 2.05) is 49.4 Å². The summed E-state index contributed by atoms with van der Waals surface area (Å²) in [5.74, 6) is 3.55. The number of nitrogens with zero attached hydrogens (tertiary/aromatic N) is 2. The highest BCUT2D eigenvalue weighted by molar-refractivity contribution is 5.68. The maximum atomic E-state index is 5.62. The lowest BCUT2D eigenvalue weighted by Gasteiger charge is -2.19. The van der Waals surface area contributed by atoms with Crippen LogP contribution in [0.15, 0.2) is 48.8 Å². The molecule has 0 amide bonds. The van der Waals surface area contributed by atoms with Crippen LogP contribution >= 0.6 is 0 Å². The highest BCUT2D eigenvalue weighted by Gasteiger charge is 2.12. The van der Waals surface area contributed by atoms with Gasteiger partial charge in [-0.25, -0.2) is 9.97 Å². The fraction of sp³-hybridized carbons (Fsp3) is 0.200. The highest BCUT2D eigenvalue weighted by Crippen LogP contribution is 2.34. The lowest BCUT2D eigenvalue weighted by molar-refractivity contribution is 0.171. The first-order chi connectivity index (χ1) is 13.2. The van der Waals surface area contributed by atoms with Crippen LogP contribution in [0.5, 0.6) is 17.2 Å². The molecule has 2 heterocycles. The van der Waals surface area contributed by atoms with Crippen molar-refractivity contribution in [3.05, 3.63) is 54.4 Å². The highest BCUT2D eigenvalue weighted by atomic mass is 16.6. The van der Waals surface area contributed by atoms with E-state index in [1.165, 1.54) is 6.33 Å². The van der Waals surface area contributed by atoms with Gasteiger partial charge in [0, 0.05) is 17.8 Å². The van der Waals surface area contributed by atoms with Crippen molar-refractivity contribution < 1.29 is 14.2 Å². The van der Waals surface area contributed by atoms with Gasteiger partial charge in [-0.1, -0.05) is 6.07 Å². The number of rotatable bonds is 5. The van der Waals surface area contributed by atoms with Crippen LogP contribution in [0.2, 0.25) is 0 Å². The summed E-state index contributed by atoms with van der Waals surface area (Å²) in [6.45, 7) is 3.15. The van der Waals surface area contributed by atoms with Gasteiger partial charge in [0.2, 0.25) is 0 Å². The molecule has 0 spiro atoms. The second kappa shape index (κ2) is 7.41. The minimum absolute atomic E-state index is 0.552. The SMILES string of the molecule is COc1ccc(C)cc1Nc1cc(Nc2ccc3c(c2)OCCO3)ncn1. The zero-order valence-electron chi connectivity index (χ0n) is 15.2. The van der Waals surface area contributed by atoms with Crippen molar-refractivity contribution >= 4 is 23.0 Å². The van der Waals surface area contributed by atoms with Gasteiger partial charge in [0.1, 0.15) is 36.9 Å². The van der Waals surface area contributed by atoms with E-state index in [-0.39, 0.29) is 0 Å². The molecule has 0 radical (unpaired) electrons. The smallest absolute Gasteiger partial charge is 0.163 e. The topological polar surface area (TPSA) is 77.5 Å². The molecule has 0 atom stereocenters. The molecule has 2 aromatic carbocycles. The van der Waals surface area contributed by atoms with Crippen LogP contribution in [0.1, 0.15) is 5.56 Å². The quantitative estimate of drug-likeness (QED) is 0.707. The molecule has 0 fully saturated rings. The Morgan fingerprint density at radius 2 is 1.67 bits per heavy atom. The minimum atomic E-state index is 0.552. The molecule has 0 bridgehead atoms. The number of hydrogen-bond acceptors (Lipinski definition) is 7. The summed E-state index contributed by atoms with van der Waals surface area (Å²) in [5.41, 5.74) is 2.83. The molecular formula is C20H20N4O3. The number of aromatic nitrogens is 2. The number of hydrogen-bond donors (Lipinski definition) is 2. The summed E-state index contributed by atoms with van der Waals surface area (Å²) >= 11 is 0. The van der Waals surface area contributed by atoms with Crippen molar-refractivity contribution in [2.75, 3.05) is 31.0 Å². The Labute approximate surface area is 157 Å². The summed E-state index contributed by atoms with van der Waals surface area (Å²) in [4.78, 5) is 8.57. The second-order valence-electron chi connectivity index (χ2n) is 6.10. The molecule has 1 aliphatic rings. The molecule has 7 nitrogen and oxygen atoms in total. The van der Waals surface area contributed by atoms with E-state index in [0.29, 0.717) is 24.8 Å². The molecule has 138 valence electrons. The number of nitrogens with one attached hydrogen (secondary N) is 2. The largest absolute Gasteiger partial charge is 0.495 e. The molecule has 27 heavy (non-hydrogen) atoms. The van der Waals surface area contributed by atoms with Crippen LogP contribution < -0.4 is 24.8 Å². The number of fused-ring (bicyclic) bond motifs is 1. The van der Waals surface area contributed by atoms with Gasteiger partial charge < -0.3 is 24.8 Å². The Hall–Kier alpha value is -3.48. The van der Waals surface area contributed by atoms with Gasteiger partial charge in [0.05, 0.1) is 12.8 Å². The van der Waals surface area contributed by atoms with Crippen LogP contribution in [0.3, 0.4) is 0 Å². The molecule has 2 N–H and O–H groups in total. The van der Waals surface area contributed by atoms with Crippen LogP contribution in [0.4, 0.5) is 23.0 Å². The fourth-order valence-electron chi connectivity index (χ4n) is 2.82. The molecule has 0 saturated carbocycles. The predicted molar refractivity (Wildman–Crippen MR) is 104 cm³/mol. The number of anilines is 4. The summed E-state index contributed by atoms with van der Waals surface area (Å²) in [6.07, 6.45) is 1.50. The minimum Gasteiger partial charge on any atom is -0.495 e. The third kappa shape index (κ3) is 3.87. The van der Waals surface area contributed by atoms with Gasteiger partial charge >= 0.3 is 0 Å². The maximum absolute atomic E-state index is 5.62. The van der Waals surface area contributed by atoms with E-state index in [0.717, 1.165) is 34.2 Å². The lowest BCUT2D eigenvalue weighted by Crippen LogP contribution is -2.15. The fourth-order valence-corrected chi connectivity index (χ4v) is 2.82. The van der Waals surface area contributed by atoms with Crippen LogP contribution in [-0.2, 0) is 0 Å². The summed E-state index contributed by atoms with van der Waals surface area (Å²) in [6, 6.07) is 13.5. The maximum Gasteiger partial charge on any atom is 0.163 e. The van der Waals surface area contributed by atoms with Gasteiger partial charge in [0.25, 0.3) is 0 Å². The number of aryl methyl sites for hydroxylation is 1. The van der Waals surface area contributed by atoms with Crippen molar-refractivity contribution in [3.8, 4) is 17.2 Å². The average Bonchev–Trinajstić information content (AvgIpc) is 2.68. The van der Waals surface area contributed by atoms with Gasteiger partial charge in [-0.05, 0) is 36.8 Å². The molecular weight excluding hydrogens is 344 g/mol. The van der Waals surface area contributed by atoms with Crippen molar-refractivity contribution in [3.63, 3.8) is 0 Å². The first kappa shape index (κ1) is 17.0. The van der Waals surface area contributed by atoms with Crippen LogP contribution in [0.25, 0.3) is 0 Å². The zero-order valence-corrected chi connectivity index (χ0v) is 15.2. The Morgan fingerprint density at radius 1 is 0.889 bits per heavy atom. The second-order valence-corrected chi connectivity index (χ2v) is 6.10. The average molecular weight is 364 g/mol. The van der Waals surface area contributed by atoms with E-state index < -0.39 is 0 Å². The Morgan fingerprint density at radius 3 is 2.48 bits per heavy atom. The molecule has 3 aromatic rings. The number of benzene rings is 2. The third-order valence-corrected chi connectivity index (χ3v) is 4.10. The van der Waals surface area contributed by atoms with E-state index in [9.17, 15) is 0 Å². The Kier molecular flexibility index (Phi) is 4.65. The van der Waals surface area contributed by atoms with Gasteiger partial charge in [-0.15, -0.1) is 0 Å². The first-order valence-corrected chi connectivity index (χ1v) is 8.62. The van der Waals surface area contributed by atoms with Crippen molar-refractivity contribution in [1.82, 2.24) is 9.97 Å². The predicted octanol–water partition coefficient (Wildman–Crippen LogP) is 4.05. The van der Waals surface area contributed by atoms with Gasteiger partial charge in [-0.2, -0.15) is 0 Å². The normalized spacial score (nSPS) is 12.4. The van der Waals surface area contributed by atoms with Crippen molar-refractivity contribution in [2.45, 2.75) is 6.92 Å². The molecule has 4 rings (SSSR count). The van der Waals surface area contributed by atoms with Crippen LogP contribution in [-0.4, -0.2) is 30.3 Å². The van der Waals surface area contributed by atoms with E-state index in [4.69, 9.17) is 14.2 Å². The standard InChI is InChI=1S/C20H20N4O3/c1-13-3-5-16(25-2)15(9-13)24-20-11-19(21-12-22-20)23-14-4-6-17-18(10-14)27-8-7-26-17/h3-6,9-12H,7-8H2,1-2H3,(H2,21,22,23,24). The van der Waals surface area contributed by atoms with Gasteiger partial charge in [0.15, 0.2) is 11.5 Å². The Balaban J connectivity index is 1.54. The van der Waals surface area contributed by atoms with Gasteiger partial charge in [-0.3, -0.25) is 0 Å². The monoisotopic (exact) mass is 364 g/mol. The van der Waals surface area contributed by atoms with Crippen molar-refractivity contribution in [1.29, 1.82) is 0 Å². The molecule has 7 heteroatoms. The lowest BCUT2D eigenvalue weighted by atomic mass is 10.2. The van der Waals surface area contributed by atoms with Crippen LogP contribution in [0, 0.1) is 6.92 Å². The molecule has 1 aromatic heterocycles. The Bertz CT molecular complexity index is 962. The summed E-state index contributed by atoms with van der Waals surface area (Å²) in [7, 11) is 1.64. The number of ether oxygens (including phenoxy) is 3. The van der Waals surface area contributed by atoms with E-state index in [1.54, 1.807) is 7.11 Å². The van der Waals surface area contributed by atoms with E-state index in [2.05, 4.69) is 20.6 Å². The first-order valence-electron chi connectivity index (χ1n) is 8.62. The number of methoxy groups -OCH3 is 1. The molecule has 1 aliphatic heterocycles. The van der Waals surface area contributed by atoms with Crippen molar-refractivity contribution in [2.24, 2.45) is 0 Å². The summed E-state index contributed by atoms with van der Waals surface area (Å²) < 4.78 is 16.6. The van der Waals surface area contributed by atoms with E-state index >= 15 is 0 Å². The molecule has 0 saturated heterocycles.